The van der Waals surface area contributed by atoms with Crippen molar-refractivity contribution in [2.75, 3.05) is 12.4 Å². The van der Waals surface area contributed by atoms with Gasteiger partial charge >= 0.3 is 0 Å². The molecule has 100 valence electrons. The number of aromatic nitrogens is 3. The van der Waals surface area contributed by atoms with Crippen LogP contribution in [0.1, 0.15) is 5.56 Å². The molecule has 1 N–H and O–H groups in total. The van der Waals surface area contributed by atoms with E-state index in [1.165, 1.54) is 0 Å². The van der Waals surface area contributed by atoms with E-state index in [2.05, 4.69) is 20.5 Å². The third-order valence-corrected chi connectivity index (χ3v) is 3.04. The Hall–Kier alpha value is -2.69. The molecule has 0 fully saturated rings. The fourth-order valence-corrected chi connectivity index (χ4v) is 2.02. The molecule has 3 aromatic rings. The highest BCUT2D eigenvalue weighted by Gasteiger charge is 2.03. The zero-order chi connectivity index (χ0) is 13.8. The molecule has 0 bridgehead atoms. The molecule has 3 rings (SSSR count). The summed E-state index contributed by atoms with van der Waals surface area (Å²) in [5, 5.41) is 13.6. The number of anilines is 1. The van der Waals surface area contributed by atoms with Gasteiger partial charge < -0.3 is 10.1 Å². The van der Waals surface area contributed by atoms with E-state index in [4.69, 9.17) is 4.74 Å². The van der Waals surface area contributed by atoms with Crippen LogP contribution in [-0.4, -0.2) is 22.3 Å². The predicted octanol–water partition coefficient (Wildman–Crippen LogP) is 2.65. The minimum Gasteiger partial charge on any atom is -0.481 e. The Labute approximate surface area is 116 Å². The Morgan fingerprint density at radius 2 is 2.10 bits per heavy atom. The Morgan fingerprint density at radius 1 is 1.20 bits per heavy atom. The molecule has 0 saturated carbocycles. The summed E-state index contributed by atoms with van der Waals surface area (Å²) in [6.07, 6.45) is 3.49. The quantitative estimate of drug-likeness (QED) is 0.786. The highest BCUT2D eigenvalue weighted by atomic mass is 16.5. The number of fused-ring (bicyclic) bond motifs is 1. The van der Waals surface area contributed by atoms with Gasteiger partial charge in [-0.15, -0.1) is 5.10 Å². The van der Waals surface area contributed by atoms with Gasteiger partial charge in [0, 0.05) is 29.6 Å². The van der Waals surface area contributed by atoms with Crippen LogP contribution in [0.4, 0.5) is 5.82 Å². The molecule has 0 spiro atoms. The second kappa shape index (κ2) is 5.52. The maximum Gasteiger partial charge on any atom is 0.213 e. The number of methoxy groups -OCH3 is 1. The molecule has 20 heavy (non-hydrogen) atoms. The number of rotatable bonds is 4. The lowest BCUT2D eigenvalue weighted by atomic mass is 10.2. The van der Waals surface area contributed by atoms with Gasteiger partial charge in [0.05, 0.1) is 13.3 Å². The summed E-state index contributed by atoms with van der Waals surface area (Å²) in [7, 11) is 1.61. The lowest BCUT2D eigenvalue weighted by Gasteiger charge is -2.08. The van der Waals surface area contributed by atoms with Crippen molar-refractivity contribution < 1.29 is 4.74 Å². The highest BCUT2D eigenvalue weighted by molar-refractivity contribution is 5.90. The fraction of sp³-hybridized carbons (Fsp3) is 0.133. The summed E-state index contributed by atoms with van der Waals surface area (Å²) in [6.45, 7) is 0.640. The molecule has 0 amide bonds. The average Bonchev–Trinajstić information content (AvgIpc) is 2.53. The molecule has 0 saturated heterocycles. The van der Waals surface area contributed by atoms with Crippen LogP contribution >= 0.6 is 0 Å². The van der Waals surface area contributed by atoms with Crippen LogP contribution < -0.4 is 10.1 Å². The number of nitrogens with zero attached hydrogens (tertiary/aromatic N) is 3. The highest BCUT2D eigenvalue weighted by Crippen LogP contribution is 2.20. The first-order valence-electron chi connectivity index (χ1n) is 6.30. The summed E-state index contributed by atoms with van der Waals surface area (Å²) in [5.41, 5.74) is 1.08. The van der Waals surface area contributed by atoms with Gasteiger partial charge in [0.15, 0.2) is 5.82 Å². The Bertz CT molecular complexity index is 724. The van der Waals surface area contributed by atoms with Gasteiger partial charge in [-0.25, -0.2) is 4.98 Å². The number of nitrogens with one attached hydrogen (secondary N) is 1. The van der Waals surface area contributed by atoms with E-state index in [0.717, 1.165) is 22.2 Å². The van der Waals surface area contributed by atoms with E-state index in [9.17, 15) is 0 Å². The van der Waals surface area contributed by atoms with Crippen LogP contribution in [0.25, 0.3) is 10.8 Å². The summed E-state index contributed by atoms with van der Waals surface area (Å²) >= 11 is 0. The molecular formula is C15H14N4O. The second-order valence-corrected chi connectivity index (χ2v) is 4.34. The maximum atomic E-state index is 5.11. The van der Waals surface area contributed by atoms with Gasteiger partial charge in [-0.05, 0) is 11.6 Å². The molecule has 0 aliphatic heterocycles. The fourth-order valence-electron chi connectivity index (χ4n) is 2.02. The van der Waals surface area contributed by atoms with E-state index in [0.29, 0.717) is 12.4 Å². The molecule has 0 aliphatic rings. The van der Waals surface area contributed by atoms with Crippen molar-refractivity contribution in [3.05, 3.63) is 54.4 Å². The van der Waals surface area contributed by atoms with E-state index in [-0.39, 0.29) is 0 Å². The standard InChI is InChI=1S/C15H14N4O/c1-20-14-8-11(6-7-16-14)9-17-15-13-5-3-2-4-12(13)10-18-19-15/h2-8,10H,9H2,1H3,(H,17,19). The number of pyridine rings is 1. The third kappa shape index (κ3) is 2.51. The van der Waals surface area contributed by atoms with E-state index < -0.39 is 0 Å². The first-order chi connectivity index (χ1) is 9.86. The zero-order valence-electron chi connectivity index (χ0n) is 11.1. The Morgan fingerprint density at radius 3 is 3.00 bits per heavy atom. The molecule has 0 atom stereocenters. The Balaban J connectivity index is 1.83. The van der Waals surface area contributed by atoms with Crippen LogP contribution in [0.3, 0.4) is 0 Å². The first kappa shape index (κ1) is 12.3. The lowest BCUT2D eigenvalue weighted by Crippen LogP contribution is -2.03. The van der Waals surface area contributed by atoms with Gasteiger partial charge in [0.1, 0.15) is 0 Å². The number of hydrogen-bond donors (Lipinski definition) is 1. The van der Waals surface area contributed by atoms with E-state index in [1.807, 2.05) is 36.4 Å². The molecular weight excluding hydrogens is 252 g/mol. The minimum absolute atomic E-state index is 0.605. The van der Waals surface area contributed by atoms with Crippen molar-refractivity contribution >= 4 is 16.6 Å². The number of ether oxygens (including phenoxy) is 1. The van der Waals surface area contributed by atoms with E-state index in [1.54, 1.807) is 19.5 Å². The molecule has 0 radical (unpaired) electrons. The van der Waals surface area contributed by atoms with Crippen molar-refractivity contribution in [1.82, 2.24) is 15.2 Å². The smallest absolute Gasteiger partial charge is 0.213 e. The van der Waals surface area contributed by atoms with Crippen molar-refractivity contribution in [2.45, 2.75) is 6.54 Å². The lowest BCUT2D eigenvalue weighted by molar-refractivity contribution is 0.397. The maximum absolute atomic E-state index is 5.11. The molecule has 0 unspecified atom stereocenters. The van der Waals surface area contributed by atoms with Crippen LogP contribution in [0.5, 0.6) is 5.88 Å². The predicted molar refractivity (Wildman–Crippen MR) is 77.7 cm³/mol. The minimum atomic E-state index is 0.605. The van der Waals surface area contributed by atoms with Crippen molar-refractivity contribution in [3.63, 3.8) is 0 Å². The third-order valence-electron chi connectivity index (χ3n) is 3.04. The van der Waals surface area contributed by atoms with Crippen molar-refractivity contribution in [1.29, 1.82) is 0 Å². The van der Waals surface area contributed by atoms with E-state index >= 15 is 0 Å². The van der Waals surface area contributed by atoms with Crippen LogP contribution in [0, 0.1) is 0 Å². The normalized spacial score (nSPS) is 10.4. The molecule has 5 heteroatoms. The summed E-state index contributed by atoms with van der Waals surface area (Å²) < 4.78 is 5.11. The number of hydrogen-bond acceptors (Lipinski definition) is 5. The average molecular weight is 266 g/mol. The van der Waals surface area contributed by atoms with Crippen molar-refractivity contribution in [3.8, 4) is 5.88 Å². The van der Waals surface area contributed by atoms with Gasteiger partial charge in [0.2, 0.25) is 5.88 Å². The van der Waals surface area contributed by atoms with Gasteiger partial charge in [-0.2, -0.15) is 5.10 Å². The summed E-state index contributed by atoms with van der Waals surface area (Å²) in [4.78, 5) is 4.08. The molecule has 1 aromatic carbocycles. The SMILES string of the molecule is COc1cc(CNc2nncc3ccccc23)ccn1. The molecule has 2 heterocycles. The van der Waals surface area contributed by atoms with Crippen LogP contribution in [0.2, 0.25) is 0 Å². The summed E-state index contributed by atoms with van der Waals surface area (Å²) in [6, 6.07) is 11.9. The largest absolute Gasteiger partial charge is 0.481 e. The van der Waals surface area contributed by atoms with Crippen LogP contribution in [-0.2, 0) is 6.54 Å². The topological polar surface area (TPSA) is 59.9 Å². The van der Waals surface area contributed by atoms with Crippen molar-refractivity contribution in [2.24, 2.45) is 0 Å². The van der Waals surface area contributed by atoms with Gasteiger partial charge in [-0.1, -0.05) is 24.3 Å². The van der Waals surface area contributed by atoms with Gasteiger partial charge in [-0.3, -0.25) is 0 Å². The molecule has 5 nitrogen and oxygen atoms in total. The van der Waals surface area contributed by atoms with Crippen LogP contribution in [0.15, 0.2) is 48.8 Å². The number of benzene rings is 1. The molecule has 0 aliphatic carbocycles. The summed E-state index contributed by atoms with van der Waals surface area (Å²) in [5.74, 6) is 1.38. The second-order valence-electron chi connectivity index (χ2n) is 4.34. The van der Waals surface area contributed by atoms with Gasteiger partial charge in [0.25, 0.3) is 0 Å². The molecule has 2 aromatic heterocycles. The monoisotopic (exact) mass is 266 g/mol. The zero-order valence-corrected chi connectivity index (χ0v) is 11.1. The Kier molecular flexibility index (Phi) is 3.41. The first-order valence-corrected chi connectivity index (χ1v) is 6.30.